The molecule has 3 heterocycles. The van der Waals surface area contributed by atoms with Gasteiger partial charge in [0.25, 0.3) is 0 Å². The Labute approximate surface area is 216 Å². The molecule has 0 saturated carbocycles. The van der Waals surface area contributed by atoms with E-state index in [-0.39, 0.29) is 6.09 Å². The van der Waals surface area contributed by atoms with Gasteiger partial charge in [0.1, 0.15) is 34.8 Å². The zero-order valence-corrected chi connectivity index (χ0v) is 21.2. The lowest BCUT2D eigenvalue weighted by atomic mass is 10.2. The summed E-state index contributed by atoms with van der Waals surface area (Å²) in [7, 11) is 0. The normalized spacial score (nSPS) is 13.9. The average Bonchev–Trinajstić information content (AvgIpc) is 2.89. The Balaban J connectivity index is 1.28. The number of piperazine rings is 1. The number of ether oxygens (including phenoxy) is 2. The molecule has 0 atom stereocenters. The van der Waals surface area contributed by atoms with Crippen molar-refractivity contribution < 1.29 is 14.3 Å². The van der Waals surface area contributed by atoms with Crippen LogP contribution in [0, 0.1) is 0 Å². The van der Waals surface area contributed by atoms with Crippen LogP contribution in [0.15, 0.2) is 73.1 Å². The molecule has 4 aromatic rings. The van der Waals surface area contributed by atoms with Crippen molar-refractivity contribution in [3.8, 4) is 11.5 Å². The summed E-state index contributed by atoms with van der Waals surface area (Å²) >= 11 is 0. The summed E-state index contributed by atoms with van der Waals surface area (Å²) in [5.74, 6) is 2.97. The number of carbonyl (C=O) groups is 1. The molecule has 37 heavy (non-hydrogen) atoms. The molecule has 2 aromatic heterocycles. The van der Waals surface area contributed by atoms with Crippen molar-refractivity contribution in [2.75, 3.05) is 36.4 Å². The number of carbonyl (C=O) groups excluding carboxylic acids is 1. The van der Waals surface area contributed by atoms with Gasteiger partial charge in [-0.2, -0.15) is 0 Å². The predicted octanol–water partition coefficient (Wildman–Crippen LogP) is 5.62. The Hall–Kier alpha value is -4.40. The lowest BCUT2D eigenvalue weighted by Gasteiger charge is -2.36. The molecule has 1 amide bonds. The van der Waals surface area contributed by atoms with Gasteiger partial charge in [-0.25, -0.2) is 19.7 Å². The number of hydrogen-bond acceptors (Lipinski definition) is 8. The fourth-order valence-corrected chi connectivity index (χ4v) is 4.01. The molecule has 5 rings (SSSR count). The van der Waals surface area contributed by atoms with E-state index in [1.54, 1.807) is 4.90 Å². The van der Waals surface area contributed by atoms with E-state index >= 15 is 0 Å². The van der Waals surface area contributed by atoms with Crippen molar-refractivity contribution in [2.24, 2.45) is 0 Å². The van der Waals surface area contributed by atoms with E-state index in [1.807, 2.05) is 87.5 Å². The van der Waals surface area contributed by atoms with Crippen LogP contribution in [0.3, 0.4) is 0 Å². The van der Waals surface area contributed by atoms with E-state index in [9.17, 15) is 4.79 Å². The number of anilines is 3. The van der Waals surface area contributed by atoms with Crippen LogP contribution in [-0.2, 0) is 4.74 Å². The number of aromatic nitrogens is 3. The van der Waals surface area contributed by atoms with Crippen LogP contribution in [0.25, 0.3) is 11.0 Å². The van der Waals surface area contributed by atoms with Crippen LogP contribution in [0.2, 0.25) is 0 Å². The fraction of sp³-hybridized carbons (Fsp3) is 0.286. The second-order valence-electron chi connectivity index (χ2n) is 9.78. The number of fused-ring (bicyclic) bond motifs is 1. The van der Waals surface area contributed by atoms with Gasteiger partial charge < -0.3 is 24.6 Å². The standard InChI is InChI=1S/C28H30N6O3/c1-28(2,3)37-27(35)34-17-15-33(16-18-34)24-14-13-23-25(32-24)26(30-19-29-23)31-20-9-11-22(12-10-20)36-21-7-5-4-6-8-21/h4-14,19H,15-18H2,1-3H3,(H,29,30,31). The maximum Gasteiger partial charge on any atom is 0.410 e. The molecule has 0 bridgehead atoms. The van der Waals surface area contributed by atoms with Crippen LogP contribution in [0.5, 0.6) is 11.5 Å². The van der Waals surface area contributed by atoms with Gasteiger partial charge in [-0.1, -0.05) is 18.2 Å². The van der Waals surface area contributed by atoms with Crippen LogP contribution < -0.4 is 15.0 Å². The van der Waals surface area contributed by atoms with E-state index in [0.29, 0.717) is 37.5 Å². The molecule has 2 aromatic carbocycles. The molecule has 1 saturated heterocycles. The van der Waals surface area contributed by atoms with Gasteiger partial charge in [0.2, 0.25) is 0 Å². The van der Waals surface area contributed by atoms with Gasteiger partial charge >= 0.3 is 6.09 Å². The van der Waals surface area contributed by atoms with Gasteiger partial charge in [0.05, 0.1) is 5.52 Å². The first kappa shape index (κ1) is 24.3. The molecule has 0 aliphatic carbocycles. The van der Waals surface area contributed by atoms with Gasteiger partial charge in [-0.3, -0.25) is 0 Å². The predicted molar refractivity (Wildman–Crippen MR) is 144 cm³/mol. The summed E-state index contributed by atoms with van der Waals surface area (Å²) in [6, 6.07) is 21.2. The lowest BCUT2D eigenvalue weighted by molar-refractivity contribution is 0.0240. The first-order valence-corrected chi connectivity index (χ1v) is 12.3. The Kier molecular flexibility index (Phi) is 6.76. The molecule has 1 aliphatic rings. The molecule has 0 radical (unpaired) electrons. The number of pyridine rings is 1. The van der Waals surface area contributed by atoms with E-state index in [2.05, 4.69) is 20.2 Å². The quantitative estimate of drug-likeness (QED) is 0.379. The number of benzene rings is 2. The number of para-hydroxylation sites is 1. The van der Waals surface area contributed by atoms with E-state index < -0.39 is 5.60 Å². The van der Waals surface area contributed by atoms with Crippen molar-refractivity contribution in [1.82, 2.24) is 19.9 Å². The van der Waals surface area contributed by atoms with Crippen LogP contribution in [-0.4, -0.2) is 57.7 Å². The molecule has 1 fully saturated rings. The highest BCUT2D eigenvalue weighted by molar-refractivity contribution is 5.88. The molecular weight excluding hydrogens is 468 g/mol. The van der Waals surface area contributed by atoms with Crippen molar-refractivity contribution >= 4 is 34.4 Å². The van der Waals surface area contributed by atoms with Crippen LogP contribution >= 0.6 is 0 Å². The topological polar surface area (TPSA) is 92.7 Å². The monoisotopic (exact) mass is 498 g/mol. The van der Waals surface area contributed by atoms with Gasteiger partial charge in [0, 0.05) is 31.9 Å². The molecule has 9 heteroatoms. The highest BCUT2D eigenvalue weighted by atomic mass is 16.6. The maximum atomic E-state index is 12.4. The van der Waals surface area contributed by atoms with Gasteiger partial charge in [-0.05, 0) is 69.3 Å². The minimum Gasteiger partial charge on any atom is -0.457 e. The van der Waals surface area contributed by atoms with Crippen molar-refractivity contribution in [2.45, 2.75) is 26.4 Å². The summed E-state index contributed by atoms with van der Waals surface area (Å²) in [5, 5.41) is 3.35. The average molecular weight is 499 g/mol. The summed E-state index contributed by atoms with van der Waals surface area (Å²) < 4.78 is 11.4. The second kappa shape index (κ2) is 10.3. The highest BCUT2D eigenvalue weighted by Gasteiger charge is 2.26. The number of rotatable bonds is 5. The van der Waals surface area contributed by atoms with Crippen molar-refractivity contribution in [3.05, 3.63) is 73.1 Å². The third kappa shape index (κ3) is 6.06. The first-order valence-electron chi connectivity index (χ1n) is 12.3. The summed E-state index contributed by atoms with van der Waals surface area (Å²) in [4.78, 5) is 30.0. The molecule has 190 valence electrons. The third-order valence-electron chi connectivity index (χ3n) is 5.82. The smallest absolute Gasteiger partial charge is 0.410 e. The van der Waals surface area contributed by atoms with Crippen LogP contribution in [0.1, 0.15) is 20.8 Å². The van der Waals surface area contributed by atoms with Crippen molar-refractivity contribution in [3.63, 3.8) is 0 Å². The minimum absolute atomic E-state index is 0.279. The molecule has 1 aliphatic heterocycles. The van der Waals surface area contributed by atoms with E-state index in [1.165, 1.54) is 6.33 Å². The fourth-order valence-electron chi connectivity index (χ4n) is 4.01. The first-order chi connectivity index (χ1) is 17.8. The largest absolute Gasteiger partial charge is 0.457 e. The Bertz CT molecular complexity index is 1360. The zero-order valence-electron chi connectivity index (χ0n) is 21.2. The highest BCUT2D eigenvalue weighted by Crippen LogP contribution is 2.27. The number of amides is 1. The number of nitrogens with zero attached hydrogens (tertiary/aromatic N) is 5. The third-order valence-corrected chi connectivity index (χ3v) is 5.82. The summed E-state index contributed by atoms with van der Waals surface area (Å²) in [6.45, 7) is 8.10. The molecule has 1 N–H and O–H groups in total. The van der Waals surface area contributed by atoms with Crippen molar-refractivity contribution in [1.29, 1.82) is 0 Å². The Morgan fingerprint density at radius 1 is 0.865 bits per heavy atom. The summed E-state index contributed by atoms with van der Waals surface area (Å²) in [5.41, 5.74) is 1.78. The zero-order chi connectivity index (χ0) is 25.8. The maximum absolute atomic E-state index is 12.4. The van der Waals surface area contributed by atoms with E-state index in [0.717, 1.165) is 28.5 Å². The minimum atomic E-state index is -0.507. The Morgan fingerprint density at radius 3 is 2.27 bits per heavy atom. The number of nitrogens with one attached hydrogen (secondary N) is 1. The Morgan fingerprint density at radius 2 is 1.57 bits per heavy atom. The van der Waals surface area contributed by atoms with Gasteiger partial charge in [0.15, 0.2) is 5.82 Å². The lowest BCUT2D eigenvalue weighted by Crippen LogP contribution is -2.50. The molecule has 9 nitrogen and oxygen atoms in total. The summed E-state index contributed by atoms with van der Waals surface area (Å²) in [6.07, 6.45) is 1.25. The number of hydrogen-bond donors (Lipinski definition) is 1. The molecule has 0 spiro atoms. The van der Waals surface area contributed by atoms with Crippen LogP contribution in [0.4, 0.5) is 22.1 Å². The van der Waals surface area contributed by atoms with Gasteiger partial charge in [-0.15, -0.1) is 0 Å². The molecular formula is C28H30N6O3. The SMILES string of the molecule is CC(C)(C)OC(=O)N1CCN(c2ccc3ncnc(Nc4ccc(Oc5ccccc5)cc4)c3n2)CC1. The second-order valence-corrected chi connectivity index (χ2v) is 9.78. The molecule has 0 unspecified atom stereocenters. The van der Waals surface area contributed by atoms with E-state index in [4.69, 9.17) is 14.5 Å².